The van der Waals surface area contributed by atoms with Crippen molar-refractivity contribution < 1.29 is 32.5 Å². The van der Waals surface area contributed by atoms with E-state index in [1.807, 2.05) is 0 Å². The first-order valence-electron chi connectivity index (χ1n) is 8.72. The number of fused-ring (bicyclic) bond motifs is 2. The third-order valence-corrected chi connectivity index (χ3v) is 8.94. The van der Waals surface area contributed by atoms with Gasteiger partial charge in [-0.1, -0.05) is 72.8 Å². The molecule has 4 aromatic rings. The van der Waals surface area contributed by atoms with E-state index >= 15 is 0 Å². The second kappa shape index (κ2) is 7.70. The van der Waals surface area contributed by atoms with Crippen LogP contribution in [0.5, 0.6) is 0 Å². The fraction of sp³-hybridized carbons (Fsp3) is 0. The van der Waals surface area contributed by atoms with E-state index in [9.17, 15) is 25.3 Å². The zero-order chi connectivity index (χ0) is 22.3. The van der Waals surface area contributed by atoms with Crippen molar-refractivity contribution in [2.24, 2.45) is 0 Å². The lowest BCUT2D eigenvalue weighted by Gasteiger charge is -2.10. The largest absolute Gasteiger partial charge is 0.429 e. The molecule has 0 fully saturated rings. The van der Waals surface area contributed by atoms with Gasteiger partial charge in [0.15, 0.2) is 0 Å². The van der Waals surface area contributed by atoms with Crippen molar-refractivity contribution in [1.82, 2.24) is 0 Å². The van der Waals surface area contributed by atoms with E-state index < -0.39 is 40.4 Å². The normalized spacial score (nSPS) is 12.9. The third kappa shape index (κ3) is 4.31. The molecule has 160 valence electrons. The summed E-state index contributed by atoms with van der Waals surface area (Å²) in [5.74, 6) is 0. The molecule has 0 heterocycles. The van der Waals surface area contributed by atoms with Crippen molar-refractivity contribution >= 4 is 52.2 Å². The Labute approximate surface area is 179 Å². The summed E-state index contributed by atoms with van der Waals surface area (Å²) in [6.45, 7) is 0. The van der Waals surface area contributed by atoms with Crippen LogP contribution in [-0.2, 0) is 37.9 Å². The lowest BCUT2D eigenvalue weighted by Crippen LogP contribution is -2.20. The zero-order valence-corrected chi connectivity index (χ0v) is 18.0. The summed E-state index contributed by atoms with van der Waals surface area (Å²) in [6.07, 6.45) is 0. The summed E-state index contributed by atoms with van der Waals surface area (Å²) in [6, 6.07) is 21.0. The molecule has 0 aliphatic rings. The van der Waals surface area contributed by atoms with Crippen LogP contribution in [0.3, 0.4) is 0 Å². The van der Waals surface area contributed by atoms with Gasteiger partial charge in [-0.15, -0.1) is 7.26 Å². The van der Waals surface area contributed by atoms with Crippen LogP contribution in [0.4, 0.5) is 0 Å². The molecule has 0 amide bonds. The van der Waals surface area contributed by atoms with Crippen LogP contribution in [0.25, 0.3) is 21.5 Å². The molecule has 0 aromatic heterocycles. The molecule has 4 rings (SSSR count). The van der Waals surface area contributed by atoms with Gasteiger partial charge in [-0.25, -0.2) is 0 Å². The average molecular weight is 479 g/mol. The van der Waals surface area contributed by atoms with Gasteiger partial charge in [0.2, 0.25) is 0 Å². The fourth-order valence-electron chi connectivity index (χ4n) is 3.13. The van der Waals surface area contributed by atoms with Gasteiger partial charge in [-0.2, -0.15) is 25.3 Å². The minimum Gasteiger partial charge on any atom is -0.193 e. The van der Waals surface area contributed by atoms with Crippen molar-refractivity contribution in [2.45, 2.75) is 9.79 Å². The third-order valence-electron chi connectivity index (χ3n) is 4.38. The molecule has 8 nitrogen and oxygen atoms in total. The maximum Gasteiger partial charge on any atom is 0.429 e. The summed E-state index contributed by atoms with van der Waals surface area (Å²) in [7, 11) is -15.3. The minimum absolute atomic E-state index is 0.206. The van der Waals surface area contributed by atoms with E-state index in [1.54, 1.807) is 48.5 Å². The molecule has 0 N–H and O–H groups in total. The van der Waals surface area contributed by atoms with Crippen molar-refractivity contribution in [1.29, 1.82) is 0 Å². The summed E-state index contributed by atoms with van der Waals surface area (Å²) in [4.78, 5) is -0.888. The molecule has 0 saturated heterocycles. The number of hydrogen-bond acceptors (Lipinski definition) is 8. The van der Waals surface area contributed by atoms with Crippen LogP contribution in [0.2, 0.25) is 0 Å². The van der Waals surface area contributed by atoms with Crippen LogP contribution in [0, 0.1) is 0 Å². The molecule has 0 atom stereocenters. The second-order valence-electron chi connectivity index (χ2n) is 6.41. The van der Waals surface area contributed by atoms with Crippen molar-refractivity contribution in [3.05, 3.63) is 84.9 Å². The Morgan fingerprint density at radius 3 is 1.23 bits per heavy atom. The highest BCUT2D eigenvalue weighted by molar-refractivity contribution is 8.03. The van der Waals surface area contributed by atoms with Gasteiger partial charge < -0.3 is 0 Å². The molecule has 0 unspecified atom stereocenters. The summed E-state index contributed by atoms with van der Waals surface area (Å²) < 4.78 is 83.5. The zero-order valence-electron chi connectivity index (χ0n) is 15.6. The Kier molecular flexibility index (Phi) is 5.31. The van der Waals surface area contributed by atoms with Gasteiger partial charge in [-0.05, 0) is 22.9 Å². The highest BCUT2D eigenvalue weighted by Gasteiger charge is 2.33. The van der Waals surface area contributed by atoms with Crippen molar-refractivity contribution in [3.63, 3.8) is 0 Å². The molecule has 0 aliphatic heterocycles. The lowest BCUT2D eigenvalue weighted by molar-refractivity contribution is 0.386. The maximum atomic E-state index is 12.6. The quantitative estimate of drug-likeness (QED) is 0.414. The average Bonchev–Trinajstić information content (AvgIpc) is 2.71. The Morgan fingerprint density at radius 2 is 0.806 bits per heavy atom. The van der Waals surface area contributed by atoms with E-state index in [-0.39, 0.29) is 10.8 Å². The lowest BCUT2D eigenvalue weighted by atomic mass is 10.1. The fourth-order valence-corrected chi connectivity index (χ4v) is 7.17. The molecule has 0 bridgehead atoms. The summed E-state index contributed by atoms with van der Waals surface area (Å²) in [5.41, 5.74) is 0. The first kappa shape index (κ1) is 21.4. The highest BCUT2D eigenvalue weighted by Crippen LogP contribution is 2.28. The van der Waals surface area contributed by atoms with Gasteiger partial charge in [0.1, 0.15) is 9.79 Å². The molecular weight excluding hydrogens is 464 g/mol. The van der Waals surface area contributed by atoms with E-state index in [4.69, 9.17) is 0 Å². The van der Waals surface area contributed by atoms with Gasteiger partial charge in [0.05, 0.1) is 0 Å². The van der Waals surface area contributed by atoms with Crippen LogP contribution in [0.15, 0.2) is 94.7 Å². The Balaban J connectivity index is 1.70. The molecule has 0 radical (unpaired) electrons. The predicted molar refractivity (Wildman–Crippen MR) is 113 cm³/mol. The number of benzene rings is 4. The topological polar surface area (TPSA) is 121 Å². The smallest absolute Gasteiger partial charge is 0.193 e. The van der Waals surface area contributed by atoms with Gasteiger partial charge in [0.25, 0.3) is 0 Å². The Hall–Kier alpha value is -2.83. The van der Waals surface area contributed by atoms with Gasteiger partial charge in [-0.3, -0.25) is 0 Å². The maximum absolute atomic E-state index is 12.6. The second-order valence-corrected chi connectivity index (χ2v) is 11.0. The molecule has 0 spiro atoms. The predicted octanol–water partition coefficient (Wildman–Crippen LogP) is 3.35. The van der Waals surface area contributed by atoms with Crippen LogP contribution in [0.1, 0.15) is 0 Å². The number of hydrogen-bond donors (Lipinski definition) is 0. The van der Waals surface area contributed by atoms with Crippen LogP contribution in [-0.4, -0.2) is 25.3 Å². The van der Waals surface area contributed by atoms with Crippen molar-refractivity contribution in [3.8, 4) is 0 Å². The standard InChI is InChI=1S/C20H14O8S3/c21-29(22,19-13-5-9-15-7-1-3-11-17(15)19)27-31(25,26)28-30(23,24)20-14-6-10-16-8-2-4-12-18(16)20/h1-14H. The highest BCUT2D eigenvalue weighted by atomic mass is 32.3. The Bertz CT molecular complexity index is 1500. The van der Waals surface area contributed by atoms with Crippen molar-refractivity contribution in [2.75, 3.05) is 0 Å². The molecule has 0 saturated carbocycles. The molecule has 0 aliphatic carbocycles. The first-order chi connectivity index (χ1) is 14.6. The van der Waals surface area contributed by atoms with E-state index in [1.165, 1.54) is 24.3 Å². The first-order valence-corrected chi connectivity index (χ1v) is 12.9. The van der Waals surface area contributed by atoms with Crippen LogP contribution < -0.4 is 0 Å². The molecule has 4 aromatic carbocycles. The van der Waals surface area contributed by atoms with E-state index in [2.05, 4.69) is 7.26 Å². The minimum atomic E-state index is -5.51. The summed E-state index contributed by atoms with van der Waals surface area (Å²) >= 11 is 0. The molecular formula is C20H14O8S3. The van der Waals surface area contributed by atoms with E-state index in [0.29, 0.717) is 10.8 Å². The molecule has 11 heteroatoms. The van der Waals surface area contributed by atoms with Crippen LogP contribution >= 0.6 is 0 Å². The summed E-state index contributed by atoms with van der Waals surface area (Å²) in [5, 5.41) is 1.46. The monoisotopic (exact) mass is 478 g/mol. The van der Waals surface area contributed by atoms with E-state index in [0.717, 1.165) is 12.1 Å². The van der Waals surface area contributed by atoms with Gasteiger partial charge >= 0.3 is 30.6 Å². The Morgan fingerprint density at radius 1 is 0.452 bits per heavy atom. The molecule has 31 heavy (non-hydrogen) atoms. The number of rotatable bonds is 6. The SMILES string of the molecule is O=S(=O)(OS(=O)(=O)c1cccc2ccccc12)OS(=O)(=O)c1cccc2ccccc12. The van der Waals surface area contributed by atoms with Gasteiger partial charge in [0, 0.05) is 10.8 Å².